The van der Waals surface area contributed by atoms with Crippen molar-refractivity contribution in [3.05, 3.63) is 53.6 Å². The van der Waals surface area contributed by atoms with Gasteiger partial charge in [0.1, 0.15) is 6.33 Å². The first-order valence-electron chi connectivity index (χ1n) is 8.01. The van der Waals surface area contributed by atoms with E-state index < -0.39 is 0 Å². The van der Waals surface area contributed by atoms with Gasteiger partial charge in [-0.05, 0) is 67.3 Å². The number of nitrogens with one attached hydrogen (secondary N) is 1. The van der Waals surface area contributed by atoms with Crippen LogP contribution < -0.4 is 5.32 Å². The van der Waals surface area contributed by atoms with Crippen LogP contribution in [0.2, 0.25) is 5.02 Å². The van der Waals surface area contributed by atoms with E-state index in [0.717, 1.165) is 31.4 Å². The van der Waals surface area contributed by atoms with Crippen LogP contribution in [0.25, 0.3) is 0 Å². The maximum atomic E-state index is 12.2. The van der Waals surface area contributed by atoms with Crippen LogP contribution >= 0.6 is 11.6 Å². The van der Waals surface area contributed by atoms with Gasteiger partial charge in [0.2, 0.25) is 5.91 Å². The summed E-state index contributed by atoms with van der Waals surface area (Å²) < 4.78 is 0. The number of amides is 1. The number of anilines is 1. The quantitative estimate of drug-likeness (QED) is 0.902. The van der Waals surface area contributed by atoms with E-state index in [0.29, 0.717) is 23.3 Å². The summed E-state index contributed by atoms with van der Waals surface area (Å²) in [5, 5.41) is 3.61. The Labute approximate surface area is 141 Å². The van der Waals surface area contributed by atoms with Crippen molar-refractivity contribution < 1.29 is 4.79 Å². The molecule has 1 saturated carbocycles. The van der Waals surface area contributed by atoms with Gasteiger partial charge in [0.25, 0.3) is 0 Å². The molecule has 1 aliphatic rings. The van der Waals surface area contributed by atoms with Gasteiger partial charge in [0.05, 0.1) is 0 Å². The Morgan fingerprint density at radius 2 is 1.74 bits per heavy atom. The SMILES string of the molecule is O=C(CC1CCC(c2cncnc2)CC1)Nc1ccc(Cl)cc1. The van der Waals surface area contributed by atoms with Crippen LogP contribution in [0.3, 0.4) is 0 Å². The number of benzene rings is 1. The van der Waals surface area contributed by atoms with Crippen molar-refractivity contribution in [2.45, 2.75) is 38.0 Å². The monoisotopic (exact) mass is 329 g/mol. The van der Waals surface area contributed by atoms with E-state index in [-0.39, 0.29) is 5.91 Å². The highest BCUT2D eigenvalue weighted by Crippen LogP contribution is 2.36. The summed E-state index contributed by atoms with van der Waals surface area (Å²) in [6, 6.07) is 7.22. The lowest BCUT2D eigenvalue weighted by Crippen LogP contribution is -2.20. The van der Waals surface area contributed by atoms with Gasteiger partial charge in [-0.1, -0.05) is 11.6 Å². The minimum atomic E-state index is 0.0822. The van der Waals surface area contributed by atoms with Crippen molar-refractivity contribution in [3.63, 3.8) is 0 Å². The van der Waals surface area contributed by atoms with Crippen LogP contribution in [0.4, 0.5) is 5.69 Å². The Hall–Kier alpha value is -1.94. The number of halogens is 1. The molecule has 1 aromatic carbocycles. The molecule has 0 radical (unpaired) electrons. The van der Waals surface area contributed by atoms with Crippen molar-refractivity contribution in [1.82, 2.24) is 9.97 Å². The van der Waals surface area contributed by atoms with Crippen molar-refractivity contribution >= 4 is 23.2 Å². The average Bonchev–Trinajstić information content (AvgIpc) is 2.58. The molecule has 0 bridgehead atoms. The average molecular weight is 330 g/mol. The third kappa shape index (κ3) is 4.52. The molecule has 0 unspecified atom stereocenters. The lowest BCUT2D eigenvalue weighted by Gasteiger charge is -2.28. The highest BCUT2D eigenvalue weighted by Gasteiger charge is 2.24. The van der Waals surface area contributed by atoms with Gasteiger partial charge >= 0.3 is 0 Å². The zero-order chi connectivity index (χ0) is 16.1. The predicted octanol–water partition coefficient (Wildman–Crippen LogP) is 4.43. The Bertz CT molecular complexity index is 637. The summed E-state index contributed by atoms with van der Waals surface area (Å²) >= 11 is 5.85. The Kier molecular flexibility index (Phi) is 5.23. The molecule has 23 heavy (non-hydrogen) atoms. The fourth-order valence-electron chi connectivity index (χ4n) is 3.23. The Balaban J connectivity index is 1.47. The molecule has 2 aromatic rings. The topological polar surface area (TPSA) is 54.9 Å². The standard InChI is InChI=1S/C18H20ClN3O/c19-16-5-7-17(8-6-16)22-18(23)9-13-1-3-14(4-2-13)15-10-20-12-21-11-15/h5-8,10-14H,1-4,9H2,(H,22,23). The molecular formula is C18H20ClN3O. The molecule has 0 saturated heterocycles. The number of aromatic nitrogens is 2. The molecule has 3 rings (SSSR count). The normalized spacial score (nSPS) is 20.9. The van der Waals surface area contributed by atoms with E-state index in [1.165, 1.54) is 5.56 Å². The van der Waals surface area contributed by atoms with Gasteiger partial charge in [0.15, 0.2) is 0 Å². The first-order chi connectivity index (χ1) is 11.2. The Morgan fingerprint density at radius 1 is 1.09 bits per heavy atom. The minimum Gasteiger partial charge on any atom is -0.326 e. The first kappa shape index (κ1) is 15.9. The number of hydrogen-bond donors (Lipinski definition) is 1. The Morgan fingerprint density at radius 3 is 2.39 bits per heavy atom. The second-order valence-corrected chi connectivity index (χ2v) is 6.59. The molecule has 5 heteroatoms. The van der Waals surface area contributed by atoms with Crippen molar-refractivity contribution in [1.29, 1.82) is 0 Å². The number of carbonyl (C=O) groups excluding carboxylic acids is 1. The highest BCUT2D eigenvalue weighted by atomic mass is 35.5. The second-order valence-electron chi connectivity index (χ2n) is 6.15. The predicted molar refractivity (Wildman–Crippen MR) is 91.4 cm³/mol. The largest absolute Gasteiger partial charge is 0.326 e. The number of rotatable bonds is 4. The van der Waals surface area contributed by atoms with Crippen LogP contribution in [0.15, 0.2) is 43.0 Å². The molecule has 1 N–H and O–H groups in total. The van der Waals surface area contributed by atoms with Crippen LogP contribution in [0, 0.1) is 5.92 Å². The number of carbonyl (C=O) groups is 1. The lowest BCUT2D eigenvalue weighted by molar-refractivity contribution is -0.117. The molecule has 1 aromatic heterocycles. The molecule has 0 atom stereocenters. The second kappa shape index (κ2) is 7.55. The summed E-state index contributed by atoms with van der Waals surface area (Å²) in [6.45, 7) is 0. The van der Waals surface area contributed by atoms with Crippen molar-refractivity contribution in [2.75, 3.05) is 5.32 Å². The molecule has 1 fully saturated rings. The van der Waals surface area contributed by atoms with Gasteiger partial charge in [0, 0.05) is 29.5 Å². The van der Waals surface area contributed by atoms with E-state index in [1.807, 2.05) is 24.5 Å². The molecule has 0 spiro atoms. The third-order valence-corrected chi connectivity index (χ3v) is 4.75. The van der Waals surface area contributed by atoms with Crippen molar-refractivity contribution in [2.24, 2.45) is 5.92 Å². The minimum absolute atomic E-state index is 0.0822. The summed E-state index contributed by atoms with van der Waals surface area (Å²) in [7, 11) is 0. The molecule has 4 nitrogen and oxygen atoms in total. The van der Waals surface area contributed by atoms with Crippen LogP contribution in [-0.2, 0) is 4.79 Å². The summed E-state index contributed by atoms with van der Waals surface area (Å²) in [5.74, 6) is 1.08. The molecule has 1 amide bonds. The van der Waals surface area contributed by atoms with Crippen molar-refractivity contribution in [3.8, 4) is 0 Å². The third-order valence-electron chi connectivity index (χ3n) is 4.50. The fraction of sp³-hybridized carbons (Fsp3) is 0.389. The highest BCUT2D eigenvalue weighted by molar-refractivity contribution is 6.30. The van der Waals surface area contributed by atoms with E-state index >= 15 is 0 Å². The molecule has 1 heterocycles. The van der Waals surface area contributed by atoms with E-state index in [2.05, 4.69) is 15.3 Å². The smallest absolute Gasteiger partial charge is 0.224 e. The number of nitrogens with zero attached hydrogens (tertiary/aromatic N) is 2. The zero-order valence-corrected chi connectivity index (χ0v) is 13.7. The summed E-state index contributed by atoms with van der Waals surface area (Å²) in [4.78, 5) is 20.3. The fourth-order valence-corrected chi connectivity index (χ4v) is 3.35. The van der Waals surface area contributed by atoms with Gasteiger partial charge in [-0.25, -0.2) is 9.97 Å². The molecular weight excluding hydrogens is 310 g/mol. The molecule has 0 aliphatic heterocycles. The zero-order valence-electron chi connectivity index (χ0n) is 12.9. The molecule has 1 aliphatic carbocycles. The number of hydrogen-bond acceptors (Lipinski definition) is 3. The van der Waals surface area contributed by atoms with E-state index in [4.69, 9.17) is 11.6 Å². The maximum absolute atomic E-state index is 12.2. The van der Waals surface area contributed by atoms with E-state index in [9.17, 15) is 4.79 Å². The van der Waals surface area contributed by atoms with Gasteiger partial charge < -0.3 is 5.32 Å². The molecule has 120 valence electrons. The van der Waals surface area contributed by atoms with E-state index in [1.54, 1.807) is 18.5 Å². The van der Waals surface area contributed by atoms with Crippen LogP contribution in [0.1, 0.15) is 43.6 Å². The lowest BCUT2D eigenvalue weighted by atomic mass is 9.78. The van der Waals surface area contributed by atoms with Gasteiger partial charge in [-0.15, -0.1) is 0 Å². The summed E-state index contributed by atoms with van der Waals surface area (Å²) in [5.41, 5.74) is 2.02. The first-order valence-corrected chi connectivity index (χ1v) is 8.39. The van der Waals surface area contributed by atoms with Crippen LogP contribution in [-0.4, -0.2) is 15.9 Å². The van der Waals surface area contributed by atoms with Gasteiger partial charge in [-0.2, -0.15) is 0 Å². The summed E-state index contributed by atoms with van der Waals surface area (Å²) in [6.07, 6.45) is 10.3. The van der Waals surface area contributed by atoms with Gasteiger partial charge in [-0.3, -0.25) is 4.79 Å². The maximum Gasteiger partial charge on any atom is 0.224 e. The van der Waals surface area contributed by atoms with Crippen LogP contribution in [0.5, 0.6) is 0 Å².